The van der Waals surface area contributed by atoms with Gasteiger partial charge in [-0.05, 0) is 6.42 Å². The van der Waals surface area contributed by atoms with Gasteiger partial charge >= 0.3 is 35.7 Å². The van der Waals surface area contributed by atoms with Crippen LogP contribution in [0.4, 0.5) is 57.1 Å². The van der Waals surface area contributed by atoms with E-state index in [2.05, 4.69) is 0 Å². The van der Waals surface area contributed by atoms with Crippen LogP contribution in [-0.2, 0) is 0 Å². The maximum atomic E-state index is 13.0. The summed E-state index contributed by atoms with van der Waals surface area (Å²) in [5, 5.41) is 7.47. The van der Waals surface area contributed by atoms with E-state index in [4.69, 9.17) is 5.11 Å². The Balaban J connectivity index is 6.25. The van der Waals surface area contributed by atoms with E-state index < -0.39 is 48.3 Å². The van der Waals surface area contributed by atoms with Crippen LogP contribution in [0.15, 0.2) is 0 Å². The Labute approximate surface area is 119 Å². The predicted molar refractivity (Wildman–Crippen MR) is 47.1 cm³/mol. The second kappa shape index (κ2) is 5.55. The molecule has 0 fully saturated rings. The molecule has 0 spiro atoms. The van der Waals surface area contributed by atoms with E-state index in [1.54, 1.807) is 0 Å². The quantitative estimate of drug-likeness (QED) is 0.647. The van der Waals surface area contributed by atoms with Gasteiger partial charge in [-0.1, -0.05) is 6.92 Å². The zero-order chi connectivity index (χ0) is 19.3. The fourth-order valence-corrected chi connectivity index (χ4v) is 1.25. The van der Waals surface area contributed by atoms with Crippen molar-refractivity contribution in [1.82, 2.24) is 0 Å². The molecule has 0 aliphatic rings. The Kier molecular flexibility index (Phi) is 5.32. The van der Waals surface area contributed by atoms with Crippen LogP contribution in [0.3, 0.4) is 0 Å². The topological polar surface area (TPSA) is 20.2 Å². The third-order valence-corrected chi connectivity index (χ3v) is 2.73. The molecule has 0 heterocycles. The Bertz CT molecular complexity index is 424. The van der Waals surface area contributed by atoms with Gasteiger partial charge in [-0.15, -0.1) is 0 Å². The van der Waals surface area contributed by atoms with Gasteiger partial charge in [-0.2, -0.15) is 52.7 Å². The highest BCUT2D eigenvalue weighted by Crippen LogP contribution is 2.60. The maximum Gasteiger partial charge on any atom is 0.423 e. The summed E-state index contributed by atoms with van der Waals surface area (Å²) < 4.78 is 165. The summed E-state index contributed by atoms with van der Waals surface area (Å²) in [6.45, 7) is 0.404. The highest BCUT2D eigenvalue weighted by Gasteiger charge is 2.90. The average Bonchev–Trinajstić information content (AvgIpc) is 2.35. The zero-order valence-electron chi connectivity index (χ0n) is 10.6. The molecule has 140 valence electrons. The predicted octanol–water partition coefficient (Wildman–Crippen LogP) is 4.50. The number of rotatable bonds is 7. The largest absolute Gasteiger partial charge is 0.423 e. The first-order valence-corrected chi connectivity index (χ1v) is 5.36. The van der Waals surface area contributed by atoms with Crippen molar-refractivity contribution in [3.8, 4) is 0 Å². The van der Waals surface area contributed by atoms with Crippen molar-refractivity contribution in [3.05, 3.63) is 0 Å². The number of hydrogen-bond acceptors (Lipinski definition) is 1. The summed E-state index contributed by atoms with van der Waals surface area (Å²) in [4.78, 5) is 0. The van der Waals surface area contributed by atoms with Gasteiger partial charge in [-0.25, -0.2) is 4.39 Å². The van der Waals surface area contributed by atoms with Crippen LogP contribution in [0.5, 0.6) is 0 Å². The van der Waals surface area contributed by atoms with Crippen molar-refractivity contribution in [2.75, 3.05) is 0 Å². The molecule has 0 aliphatic heterocycles. The first kappa shape index (κ1) is 22.1. The number of hydrogen-bond donors (Lipinski definition) is 1. The molecular weight excluding hydrogens is 371 g/mol. The standard InChI is InChI=1S/C9H7F13O/c1-2-3(10)4(11,12)5(13,14)6(15,16)7(17,18)8(19,20)9(21,22)23/h3,23H,2H2,1H3. The van der Waals surface area contributed by atoms with E-state index in [1.807, 2.05) is 0 Å². The molecule has 0 aromatic carbocycles. The van der Waals surface area contributed by atoms with Crippen LogP contribution < -0.4 is 0 Å². The van der Waals surface area contributed by atoms with Crippen molar-refractivity contribution in [1.29, 1.82) is 0 Å². The Hall–Kier alpha value is -0.950. The molecule has 1 nitrogen and oxygen atoms in total. The minimum Gasteiger partial charge on any atom is -0.331 e. The van der Waals surface area contributed by atoms with Gasteiger partial charge in [0.05, 0.1) is 0 Å². The number of halogens is 13. The lowest BCUT2D eigenvalue weighted by atomic mass is 9.91. The fourth-order valence-electron chi connectivity index (χ4n) is 1.25. The molecule has 0 aromatic heterocycles. The molecule has 0 amide bonds. The van der Waals surface area contributed by atoms with Gasteiger partial charge in [0.2, 0.25) is 0 Å². The second-order valence-corrected chi connectivity index (χ2v) is 4.34. The van der Waals surface area contributed by atoms with Gasteiger partial charge in [0, 0.05) is 0 Å². The van der Waals surface area contributed by atoms with Gasteiger partial charge in [0.25, 0.3) is 0 Å². The minimum absolute atomic E-state index is 0.404. The third-order valence-electron chi connectivity index (χ3n) is 2.73. The smallest absolute Gasteiger partial charge is 0.331 e. The lowest BCUT2D eigenvalue weighted by Gasteiger charge is -2.40. The van der Waals surface area contributed by atoms with Crippen molar-refractivity contribution in [3.63, 3.8) is 0 Å². The van der Waals surface area contributed by atoms with Crippen LogP contribution >= 0.6 is 0 Å². The first-order chi connectivity index (χ1) is 9.73. The van der Waals surface area contributed by atoms with Gasteiger partial charge < -0.3 is 5.11 Å². The lowest BCUT2D eigenvalue weighted by molar-refractivity contribution is -0.454. The molecule has 0 aliphatic carbocycles. The van der Waals surface area contributed by atoms with Gasteiger partial charge in [0.15, 0.2) is 6.17 Å². The molecular formula is C9H7F13O. The lowest BCUT2D eigenvalue weighted by Crippen LogP contribution is -2.71. The zero-order valence-corrected chi connectivity index (χ0v) is 10.6. The summed E-state index contributed by atoms with van der Waals surface area (Å²) in [5.41, 5.74) is 0. The van der Waals surface area contributed by atoms with Crippen LogP contribution in [0, 0.1) is 0 Å². The van der Waals surface area contributed by atoms with Crippen LogP contribution in [0.25, 0.3) is 0 Å². The Morgan fingerprint density at radius 3 is 1.22 bits per heavy atom. The first-order valence-electron chi connectivity index (χ1n) is 5.36. The van der Waals surface area contributed by atoms with E-state index >= 15 is 0 Å². The summed E-state index contributed by atoms with van der Waals surface area (Å²) in [6.07, 6.45) is -12.8. The molecule has 0 saturated carbocycles. The van der Waals surface area contributed by atoms with Gasteiger partial charge in [0.1, 0.15) is 0 Å². The summed E-state index contributed by atoms with van der Waals surface area (Å²) >= 11 is 0. The average molecular weight is 378 g/mol. The molecule has 0 radical (unpaired) electrons. The Morgan fingerprint density at radius 2 is 0.957 bits per heavy atom. The number of alkyl halides is 13. The third kappa shape index (κ3) is 2.82. The van der Waals surface area contributed by atoms with E-state index in [0.717, 1.165) is 0 Å². The highest BCUT2D eigenvalue weighted by molar-refractivity contribution is 5.11. The summed E-state index contributed by atoms with van der Waals surface area (Å²) in [6, 6.07) is 0. The molecule has 14 heteroatoms. The van der Waals surface area contributed by atoms with Gasteiger partial charge in [-0.3, -0.25) is 0 Å². The van der Waals surface area contributed by atoms with Crippen molar-refractivity contribution in [2.45, 2.75) is 55.2 Å². The minimum atomic E-state index is -7.86. The molecule has 0 aromatic rings. The molecule has 1 atom stereocenters. The van der Waals surface area contributed by atoms with Crippen molar-refractivity contribution in [2.24, 2.45) is 0 Å². The normalized spacial score (nSPS) is 17.3. The van der Waals surface area contributed by atoms with Crippen molar-refractivity contribution >= 4 is 0 Å². The summed E-state index contributed by atoms with van der Waals surface area (Å²) in [5.74, 6) is -37.4. The molecule has 1 N–H and O–H groups in total. The monoisotopic (exact) mass is 378 g/mol. The molecule has 0 saturated heterocycles. The molecule has 1 unspecified atom stereocenters. The van der Waals surface area contributed by atoms with E-state index in [9.17, 15) is 57.1 Å². The molecule has 0 bridgehead atoms. The SMILES string of the molecule is CCC(F)C(F)(F)C(F)(F)C(F)(F)C(F)(F)C(F)(F)C(O)(F)F. The van der Waals surface area contributed by atoms with Crippen LogP contribution in [0.1, 0.15) is 13.3 Å². The highest BCUT2D eigenvalue weighted by atomic mass is 19.4. The number of aliphatic hydroxyl groups is 1. The maximum absolute atomic E-state index is 13.0. The van der Waals surface area contributed by atoms with Crippen LogP contribution in [-0.4, -0.2) is 47.0 Å². The summed E-state index contributed by atoms with van der Waals surface area (Å²) in [7, 11) is 0. The van der Waals surface area contributed by atoms with E-state index in [1.165, 1.54) is 0 Å². The van der Waals surface area contributed by atoms with Crippen molar-refractivity contribution < 1.29 is 62.2 Å². The van der Waals surface area contributed by atoms with E-state index in [-0.39, 0.29) is 0 Å². The van der Waals surface area contributed by atoms with Crippen LogP contribution in [0.2, 0.25) is 0 Å². The fraction of sp³-hybridized carbons (Fsp3) is 1.00. The second-order valence-electron chi connectivity index (χ2n) is 4.34. The Morgan fingerprint density at radius 1 is 0.652 bits per heavy atom. The molecule has 0 rings (SSSR count). The van der Waals surface area contributed by atoms with E-state index in [0.29, 0.717) is 6.92 Å². The molecule has 23 heavy (non-hydrogen) atoms.